The number of aromatic nitrogens is 5. The molecule has 220 valence electrons. The van der Waals surface area contributed by atoms with Gasteiger partial charge in [-0.3, -0.25) is 9.97 Å². The Kier molecular flexibility index (Phi) is 6.58. The number of hydrogen-bond donors (Lipinski definition) is 0. The highest BCUT2D eigenvalue weighted by Crippen LogP contribution is 2.40. The number of pyridine rings is 2. The molecule has 0 saturated heterocycles. The Bertz CT molecular complexity index is 2520. The minimum atomic E-state index is 0.633. The minimum Gasteiger partial charge on any atom is -0.254 e. The molecule has 4 heterocycles. The third kappa shape index (κ3) is 4.92. The summed E-state index contributed by atoms with van der Waals surface area (Å²) in [4.78, 5) is 24.4. The SMILES string of the molecule is c1ccc(-c2nc(-c3ccccc3)nc(-c3cccc(-c4ccc5c(-c6nccc7sc8ccccc8c67)nccc5c4)c3)n2)cc1. The summed E-state index contributed by atoms with van der Waals surface area (Å²) in [5, 5.41) is 4.55. The number of fused-ring (bicyclic) bond motifs is 4. The lowest BCUT2D eigenvalue weighted by atomic mass is 9.98. The Balaban J connectivity index is 1.14. The fourth-order valence-electron chi connectivity index (χ4n) is 6.17. The van der Waals surface area contributed by atoms with E-state index in [4.69, 9.17) is 24.9 Å². The molecule has 0 radical (unpaired) electrons. The van der Waals surface area contributed by atoms with Gasteiger partial charge in [-0.25, -0.2) is 15.0 Å². The molecule has 5 aromatic carbocycles. The van der Waals surface area contributed by atoms with Crippen molar-refractivity contribution in [2.24, 2.45) is 0 Å². The summed E-state index contributed by atoms with van der Waals surface area (Å²) in [6.07, 6.45) is 3.77. The minimum absolute atomic E-state index is 0.633. The fourth-order valence-corrected chi connectivity index (χ4v) is 7.27. The zero-order chi connectivity index (χ0) is 31.2. The van der Waals surface area contributed by atoms with Crippen molar-refractivity contribution in [3.63, 3.8) is 0 Å². The van der Waals surface area contributed by atoms with E-state index in [1.165, 1.54) is 14.8 Å². The maximum Gasteiger partial charge on any atom is 0.164 e. The van der Waals surface area contributed by atoms with Gasteiger partial charge in [-0.15, -0.1) is 11.3 Å². The fraction of sp³-hybridized carbons (Fsp3) is 0. The van der Waals surface area contributed by atoms with Gasteiger partial charge in [0.25, 0.3) is 0 Å². The summed E-state index contributed by atoms with van der Waals surface area (Å²) in [7, 11) is 0. The van der Waals surface area contributed by atoms with E-state index in [1.807, 2.05) is 73.1 Å². The van der Waals surface area contributed by atoms with Gasteiger partial charge in [-0.05, 0) is 46.8 Å². The molecule has 0 amide bonds. The predicted molar refractivity (Wildman–Crippen MR) is 193 cm³/mol. The lowest BCUT2D eigenvalue weighted by Crippen LogP contribution is -2.00. The van der Waals surface area contributed by atoms with Crippen LogP contribution in [0, 0.1) is 0 Å². The molecule has 0 aliphatic carbocycles. The van der Waals surface area contributed by atoms with Crippen molar-refractivity contribution >= 4 is 42.3 Å². The number of benzene rings is 5. The Morgan fingerprint density at radius 1 is 0.383 bits per heavy atom. The Hall–Kier alpha value is -6.11. The van der Waals surface area contributed by atoms with Gasteiger partial charge in [-0.2, -0.15) is 0 Å². The summed E-state index contributed by atoms with van der Waals surface area (Å²) >= 11 is 1.79. The highest BCUT2D eigenvalue weighted by Gasteiger charge is 2.16. The van der Waals surface area contributed by atoms with Crippen molar-refractivity contribution < 1.29 is 0 Å². The first kappa shape index (κ1) is 27.2. The van der Waals surface area contributed by atoms with Crippen LogP contribution < -0.4 is 0 Å². The summed E-state index contributed by atoms with van der Waals surface area (Å²) in [5.74, 6) is 1.93. The van der Waals surface area contributed by atoms with E-state index in [0.29, 0.717) is 17.5 Å². The van der Waals surface area contributed by atoms with Crippen LogP contribution in [0.25, 0.3) is 87.6 Å². The van der Waals surface area contributed by atoms with Crippen LogP contribution in [0.4, 0.5) is 0 Å². The van der Waals surface area contributed by atoms with Crippen LogP contribution in [0.1, 0.15) is 0 Å². The van der Waals surface area contributed by atoms with Crippen molar-refractivity contribution in [3.8, 4) is 56.7 Å². The molecule has 0 aliphatic heterocycles. The molecule has 0 atom stereocenters. The summed E-state index contributed by atoms with van der Waals surface area (Å²) in [6, 6.07) is 47.8. The molecule has 0 N–H and O–H groups in total. The summed E-state index contributed by atoms with van der Waals surface area (Å²) in [5.41, 5.74) is 6.81. The molecule has 0 spiro atoms. The van der Waals surface area contributed by atoms with E-state index in [0.717, 1.165) is 55.4 Å². The van der Waals surface area contributed by atoms with Crippen molar-refractivity contribution in [2.75, 3.05) is 0 Å². The second-order valence-corrected chi connectivity index (χ2v) is 12.4. The van der Waals surface area contributed by atoms with Gasteiger partial charge in [0.15, 0.2) is 17.5 Å². The number of hydrogen-bond acceptors (Lipinski definition) is 6. The van der Waals surface area contributed by atoms with Crippen LogP contribution in [-0.2, 0) is 0 Å². The molecular weight excluding hydrogens is 595 g/mol. The number of rotatable bonds is 5. The van der Waals surface area contributed by atoms with Crippen LogP contribution in [0.3, 0.4) is 0 Å². The van der Waals surface area contributed by atoms with E-state index < -0.39 is 0 Å². The van der Waals surface area contributed by atoms with Crippen molar-refractivity contribution in [2.45, 2.75) is 0 Å². The summed E-state index contributed by atoms with van der Waals surface area (Å²) < 4.78 is 2.47. The third-order valence-electron chi connectivity index (χ3n) is 8.43. The Morgan fingerprint density at radius 2 is 0.979 bits per heavy atom. The van der Waals surface area contributed by atoms with Crippen LogP contribution in [0.15, 0.2) is 152 Å². The average molecular weight is 620 g/mol. The van der Waals surface area contributed by atoms with E-state index in [9.17, 15) is 0 Å². The quantitative estimate of drug-likeness (QED) is 0.192. The van der Waals surface area contributed by atoms with Gasteiger partial charge in [0.05, 0.1) is 11.4 Å². The number of nitrogens with zero attached hydrogens (tertiary/aromatic N) is 5. The molecule has 0 unspecified atom stereocenters. The van der Waals surface area contributed by atoms with Gasteiger partial charge in [-0.1, -0.05) is 109 Å². The first-order chi connectivity index (χ1) is 23.3. The molecule has 0 bridgehead atoms. The largest absolute Gasteiger partial charge is 0.254 e. The molecular formula is C41H25N5S. The lowest BCUT2D eigenvalue weighted by molar-refractivity contribution is 1.07. The second kappa shape index (κ2) is 11.4. The van der Waals surface area contributed by atoms with E-state index >= 15 is 0 Å². The van der Waals surface area contributed by atoms with Gasteiger partial charge in [0, 0.05) is 54.6 Å². The molecule has 0 fully saturated rings. The molecule has 6 heteroatoms. The first-order valence-electron chi connectivity index (χ1n) is 15.4. The topological polar surface area (TPSA) is 64.5 Å². The lowest BCUT2D eigenvalue weighted by Gasteiger charge is -2.11. The molecule has 9 rings (SSSR count). The van der Waals surface area contributed by atoms with Gasteiger partial charge in [0.2, 0.25) is 0 Å². The molecule has 4 aromatic heterocycles. The van der Waals surface area contributed by atoms with E-state index in [1.54, 1.807) is 11.3 Å². The Labute approximate surface area is 275 Å². The standard InChI is InChI=1S/C41H25N5S/c1-3-10-26(11-4-1)39-44-40(27-12-5-2-6-13-27)46-41(45-39)31-15-9-14-28(25-31)29-18-19-32-30(24-29)20-22-42-37(32)38-36-33-16-7-8-17-34(33)47-35(36)21-23-43-38/h1-25H. The van der Waals surface area contributed by atoms with Crippen LogP contribution in [0.5, 0.6) is 0 Å². The summed E-state index contributed by atoms with van der Waals surface area (Å²) in [6.45, 7) is 0. The second-order valence-electron chi connectivity index (χ2n) is 11.3. The van der Waals surface area contributed by atoms with Crippen molar-refractivity contribution in [1.29, 1.82) is 0 Å². The monoisotopic (exact) mass is 619 g/mol. The van der Waals surface area contributed by atoms with Gasteiger partial charge >= 0.3 is 0 Å². The molecule has 9 aromatic rings. The highest BCUT2D eigenvalue weighted by molar-refractivity contribution is 7.25. The zero-order valence-electron chi connectivity index (χ0n) is 25.1. The van der Waals surface area contributed by atoms with E-state index in [2.05, 4.69) is 78.9 Å². The van der Waals surface area contributed by atoms with Crippen LogP contribution >= 0.6 is 11.3 Å². The highest BCUT2D eigenvalue weighted by atomic mass is 32.1. The predicted octanol–water partition coefficient (Wildman–Crippen LogP) is 10.5. The molecule has 0 aliphatic rings. The maximum atomic E-state index is 4.93. The molecule has 47 heavy (non-hydrogen) atoms. The number of thiophene rings is 1. The maximum absolute atomic E-state index is 4.93. The smallest absolute Gasteiger partial charge is 0.164 e. The zero-order valence-corrected chi connectivity index (χ0v) is 25.9. The average Bonchev–Trinajstić information content (AvgIpc) is 3.54. The van der Waals surface area contributed by atoms with Crippen LogP contribution in [-0.4, -0.2) is 24.9 Å². The molecule has 0 saturated carbocycles. The first-order valence-corrected chi connectivity index (χ1v) is 16.2. The van der Waals surface area contributed by atoms with E-state index in [-0.39, 0.29) is 0 Å². The third-order valence-corrected chi connectivity index (χ3v) is 9.57. The molecule has 5 nitrogen and oxygen atoms in total. The van der Waals surface area contributed by atoms with Gasteiger partial charge < -0.3 is 0 Å². The van der Waals surface area contributed by atoms with Crippen molar-refractivity contribution in [1.82, 2.24) is 24.9 Å². The normalized spacial score (nSPS) is 11.4. The Morgan fingerprint density at radius 3 is 1.74 bits per heavy atom. The van der Waals surface area contributed by atoms with Gasteiger partial charge in [0.1, 0.15) is 0 Å². The van der Waals surface area contributed by atoms with Crippen molar-refractivity contribution in [3.05, 3.63) is 152 Å². The van der Waals surface area contributed by atoms with Crippen LogP contribution in [0.2, 0.25) is 0 Å².